The Morgan fingerprint density at radius 1 is 1.11 bits per heavy atom. The van der Waals surface area contributed by atoms with E-state index < -0.39 is 5.69 Å². The molecule has 6 rings (SSSR count). The van der Waals surface area contributed by atoms with Crippen molar-refractivity contribution in [1.82, 2.24) is 29.1 Å². The fraction of sp³-hybridized carbons (Fsp3) is 0.476. The van der Waals surface area contributed by atoms with Crippen molar-refractivity contribution in [3.05, 3.63) is 41.2 Å². The van der Waals surface area contributed by atoms with Crippen LogP contribution in [-0.4, -0.2) is 75.8 Å². The van der Waals surface area contributed by atoms with Crippen molar-refractivity contribution in [2.45, 2.75) is 42.9 Å². The van der Waals surface area contributed by atoms with Crippen molar-refractivity contribution in [3.8, 4) is 0 Å². The molecule has 0 unspecified atom stereocenters. The van der Waals surface area contributed by atoms with E-state index in [2.05, 4.69) is 25.3 Å². The lowest BCUT2D eigenvalue weighted by atomic mass is 10.4. The van der Waals surface area contributed by atoms with Crippen LogP contribution in [-0.2, 0) is 9.47 Å². The lowest BCUT2D eigenvalue weighted by molar-refractivity contribution is -0.00640. The largest absolute Gasteiger partial charge is 0.393 e. The van der Waals surface area contributed by atoms with Gasteiger partial charge in [0.1, 0.15) is 23.6 Å². The van der Waals surface area contributed by atoms with E-state index in [0.29, 0.717) is 28.8 Å². The second-order valence-corrected chi connectivity index (χ2v) is 9.58. The maximum absolute atomic E-state index is 11.4. The molecule has 2 aliphatic heterocycles. The Labute approximate surface area is 209 Å². The van der Waals surface area contributed by atoms with Gasteiger partial charge in [-0.1, -0.05) is 6.08 Å². The highest BCUT2D eigenvalue weighted by atomic mass is 32.2. The Morgan fingerprint density at radius 2 is 1.94 bits per heavy atom. The van der Waals surface area contributed by atoms with Crippen LogP contribution >= 0.6 is 11.8 Å². The van der Waals surface area contributed by atoms with Crippen LogP contribution in [0.15, 0.2) is 35.5 Å². The molecular formula is C21H27N9O5S. The second kappa shape index (κ2) is 10.4. The molecule has 2 fully saturated rings. The fourth-order valence-electron chi connectivity index (χ4n) is 3.72. The Bertz CT molecular complexity index is 1310. The van der Waals surface area contributed by atoms with Crippen molar-refractivity contribution in [2.24, 2.45) is 0 Å². The third kappa shape index (κ3) is 5.29. The van der Waals surface area contributed by atoms with Gasteiger partial charge in [0.25, 0.3) is 0 Å². The second-order valence-electron chi connectivity index (χ2n) is 8.38. The summed E-state index contributed by atoms with van der Waals surface area (Å²) in [6.45, 7) is -0.108. The highest BCUT2D eigenvalue weighted by molar-refractivity contribution is 8.00. The summed E-state index contributed by atoms with van der Waals surface area (Å²) in [5, 5.41) is 21.3. The van der Waals surface area contributed by atoms with E-state index in [1.54, 1.807) is 23.2 Å². The number of fused-ring (bicyclic) bond motifs is 1. The van der Waals surface area contributed by atoms with Crippen molar-refractivity contribution >= 4 is 40.5 Å². The number of nitrogens with zero attached hydrogens (tertiary/aromatic N) is 6. The first kappa shape index (κ1) is 24.5. The van der Waals surface area contributed by atoms with Gasteiger partial charge in [0.2, 0.25) is 5.95 Å². The molecule has 36 heavy (non-hydrogen) atoms. The predicted octanol–water partition coefficient (Wildman–Crippen LogP) is -0.165. The van der Waals surface area contributed by atoms with Crippen LogP contribution in [0.3, 0.4) is 0 Å². The molecule has 1 saturated heterocycles. The molecule has 0 radical (unpaired) electrons. The number of aliphatic hydroxyl groups is 2. The zero-order valence-electron chi connectivity index (χ0n) is 19.2. The molecule has 0 spiro atoms. The first-order valence-corrected chi connectivity index (χ1v) is 12.4. The average Bonchev–Trinajstić information content (AvgIpc) is 3.25. The van der Waals surface area contributed by atoms with Gasteiger partial charge < -0.3 is 36.5 Å². The quantitative estimate of drug-likeness (QED) is 0.270. The van der Waals surface area contributed by atoms with Gasteiger partial charge in [-0.2, -0.15) is 15.0 Å². The number of imidazole rings is 1. The first-order chi connectivity index (χ1) is 17.4. The van der Waals surface area contributed by atoms with Crippen LogP contribution in [0, 0.1) is 0 Å². The van der Waals surface area contributed by atoms with Crippen molar-refractivity contribution in [2.75, 3.05) is 35.8 Å². The molecule has 1 aliphatic carbocycles. The van der Waals surface area contributed by atoms with E-state index in [4.69, 9.17) is 31.2 Å². The molecule has 0 bridgehead atoms. The number of nitrogens with two attached hydrogens (primary N) is 2. The van der Waals surface area contributed by atoms with E-state index in [-0.39, 0.29) is 49.0 Å². The molecular weight excluding hydrogens is 490 g/mol. The molecule has 192 valence electrons. The molecule has 3 aliphatic rings. The molecule has 0 amide bonds. The van der Waals surface area contributed by atoms with E-state index in [1.165, 1.54) is 16.3 Å². The zero-order valence-corrected chi connectivity index (χ0v) is 20.0. The van der Waals surface area contributed by atoms with Crippen molar-refractivity contribution in [1.29, 1.82) is 0 Å². The van der Waals surface area contributed by atoms with Gasteiger partial charge in [0.05, 0.1) is 19.5 Å². The maximum atomic E-state index is 11.4. The molecule has 3 aromatic rings. The molecule has 0 aromatic carbocycles. The topological polar surface area (TPSA) is 201 Å². The number of thioether (sulfide) groups is 1. The fourth-order valence-corrected chi connectivity index (χ4v) is 4.65. The van der Waals surface area contributed by atoms with Crippen molar-refractivity contribution < 1.29 is 19.7 Å². The number of aromatic nitrogens is 6. The van der Waals surface area contributed by atoms with Crippen molar-refractivity contribution in [3.63, 3.8) is 0 Å². The third-order valence-corrected chi connectivity index (χ3v) is 6.77. The van der Waals surface area contributed by atoms with Crippen LogP contribution in [0.4, 0.5) is 17.6 Å². The van der Waals surface area contributed by atoms with E-state index in [1.807, 2.05) is 12.2 Å². The summed E-state index contributed by atoms with van der Waals surface area (Å²) in [4.78, 5) is 27.9. The first-order valence-electron chi connectivity index (χ1n) is 11.4. The minimum absolute atomic E-state index is 0.0504. The lowest BCUT2D eigenvalue weighted by Crippen LogP contribution is -2.28. The van der Waals surface area contributed by atoms with Gasteiger partial charge in [-0.15, -0.1) is 11.8 Å². The SMILES string of the molecule is Nc1ccn([C@@H]2CS[C@H](CO)O2)c(=O)n1.Nc1nc(NC2CC2)c2ncn([C@H]3C=C[C@@H](CO)O3)c2n1. The summed E-state index contributed by atoms with van der Waals surface area (Å²) >= 11 is 1.47. The van der Waals surface area contributed by atoms with E-state index in [0.717, 1.165) is 12.8 Å². The van der Waals surface area contributed by atoms with Gasteiger partial charge in [0, 0.05) is 18.0 Å². The van der Waals surface area contributed by atoms with Gasteiger partial charge >= 0.3 is 5.69 Å². The molecule has 5 heterocycles. The Kier molecular flexibility index (Phi) is 7.06. The number of aliphatic hydroxyl groups excluding tert-OH is 2. The summed E-state index contributed by atoms with van der Waals surface area (Å²) in [6.07, 6.45) is 8.18. The minimum Gasteiger partial charge on any atom is -0.393 e. The van der Waals surface area contributed by atoms with E-state index >= 15 is 0 Å². The van der Waals surface area contributed by atoms with Crippen LogP contribution < -0.4 is 22.5 Å². The van der Waals surface area contributed by atoms with Gasteiger partial charge in [-0.3, -0.25) is 9.13 Å². The number of anilines is 3. The number of nitrogen functional groups attached to an aromatic ring is 2. The summed E-state index contributed by atoms with van der Waals surface area (Å²) in [6, 6.07) is 2.00. The lowest BCUT2D eigenvalue weighted by Gasteiger charge is -2.14. The Balaban J connectivity index is 0.000000157. The van der Waals surface area contributed by atoms with Crippen LogP contribution in [0.5, 0.6) is 0 Å². The average molecular weight is 518 g/mol. The highest BCUT2D eigenvalue weighted by Crippen LogP contribution is 2.31. The molecule has 4 atom stereocenters. The smallest absolute Gasteiger partial charge is 0.351 e. The molecule has 1 saturated carbocycles. The Hall–Kier alpha value is -3.24. The number of ether oxygens (including phenoxy) is 2. The predicted molar refractivity (Wildman–Crippen MR) is 133 cm³/mol. The summed E-state index contributed by atoms with van der Waals surface area (Å²) < 4.78 is 14.3. The third-order valence-electron chi connectivity index (χ3n) is 5.66. The zero-order chi connectivity index (χ0) is 25.2. The van der Waals surface area contributed by atoms with Crippen LogP contribution in [0.25, 0.3) is 11.2 Å². The Morgan fingerprint density at radius 3 is 2.61 bits per heavy atom. The number of rotatable bonds is 6. The summed E-state index contributed by atoms with van der Waals surface area (Å²) in [7, 11) is 0. The molecule has 15 heteroatoms. The number of hydrogen-bond acceptors (Lipinski definition) is 13. The normalized spacial score (nSPS) is 25.2. The number of hydrogen-bond donors (Lipinski definition) is 5. The van der Waals surface area contributed by atoms with Gasteiger partial charge in [-0.25, -0.2) is 9.78 Å². The summed E-state index contributed by atoms with van der Waals surface area (Å²) in [5.74, 6) is 1.68. The van der Waals surface area contributed by atoms with Crippen LogP contribution in [0.2, 0.25) is 0 Å². The monoisotopic (exact) mass is 517 g/mol. The van der Waals surface area contributed by atoms with Gasteiger partial charge in [-0.05, 0) is 25.0 Å². The highest BCUT2D eigenvalue weighted by Gasteiger charge is 2.28. The van der Waals surface area contributed by atoms with Gasteiger partial charge in [0.15, 0.2) is 23.2 Å². The molecule has 7 N–H and O–H groups in total. The maximum Gasteiger partial charge on any atom is 0.351 e. The summed E-state index contributed by atoms with van der Waals surface area (Å²) in [5.41, 5.74) is 11.8. The molecule has 14 nitrogen and oxygen atoms in total. The standard InChI is InChI=1S/C13H16N6O2.C8H11N3O3S/c14-13-17-11(16-7-1-2-7)10-12(18-13)19(6-15-10)9-4-3-8(5-20)21-9;9-5-1-2-11(8(13)10-5)6-4-15-7(3-12)14-6/h3-4,6-9,20H,1-2,5H2,(H3,14,16,17,18);1-2,6-7,12H,3-4H2,(H2,9,10,13)/t8-,9+;6-,7+/m00/s1. The molecule has 3 aromatic heterocycles. The van der Waals surface area contributed by atoms with Crippen LogP contribution in [0.1, 0.15) is 25.3 Å². The number of nitrogens with one attached hydrogen (secondary N) is 1. The van der Waals surface area contributed by atoms with E-state index in [9.17, 15) is 4.79 Å². The minimum atomic E-state index is -0.431.